The lowest BCUT2D eigenvalue weighted by atomic mass is 10.1. The third-order valence-electron chi connectivity index (χ3n) is 4.85. The average molecular weight is 405 g/mol. The highest BCUT2D eigenvalue weighted by Crippen LogP contribution is 2.19. The number of anilines is 1. The van der Waals surface area contributed by atoms with Crippen molar-refractivity contribution in [3.8, 4) is 11.9 Å². The number of carbonyl (C=O) groups is 2. The minimum absolute atomic E-state index is 0.0996. The lowest BCUT2D eigenvalue weighted by Crippen LogP contribution is -2.58. The summed E-state index contributed by atoms with van der Waals surface area (Å²) in [5, 5.41) is 17.9. The summed E-state index contributed by atoms with van der Waals surface area (Å²) in [7, 11) is 1.28. The molecule has 1 aliphatic rings. The van der Waals surface area contributed by atoms with Crippen LogP contribution in [-0.2, 0) is 4.74 Å². The van der Waals surface area contributed by atoms with Crippen LogP contribution < -0.4 is 9.64 Å². The molecule has 2 amide bonds. The monoisotopic (exact) mass is 405 g/mol. The third kappa shape index (κ3) is 5.96. The second-order valence-electron chi connectivity index (χ2n) is 6.86. The molecule has 2 rings (SSSR count). The van der Waals surface area contributed by atoms with E-state index in [1.807, 2.05) is 19.9 Å². The molecule has 2 atom stereocenters. The van der Waals surface area contributed by atoms with Crippen molar-refractivity contribution >= 4 is 17.9 Å². The fourth-order valence-corrected chi connectivity index (χ4v) is 3.42. The van der Waals surface area contributed by atoms with Gasteiger partial charge in [0, 0.05) is 44.3 Å². The van der Waals surface area contributed by atoms with Crippen molar-refractivity contribution in [2.24, 2.45) is 0 Å². The molecule has 1 N–H and O–H groups in total. The number of carboxylic acid groups (broad SMARTS) is 1. The van der Waals surface area contributed by atoms with Crippen LogP contribution in [0, 0.1) is 11.3 Å². The van der Waals surface area contributed by atoms with Crippen LogP contribution in [-0.4, -0.2) is 84.1 Å². The van der Waals surface area contributed by atoms with E-state index in [1.54, 1.807) is 12.1 Å². The van der Waals surface area contributed by atoms with Gasteiger partial charge in [0.1, 0.15) is 6.61 Å². The van der Waals surface area contributed by atoms with Crippen molar-refractivity contribution in [3.05, 3.63) is 18.3 Å². The first-order valence-corrected chi connectivity index (χ1v) is 9.42. The molecular formula is C19H27N5O5. The van der Waals surface area contributed by atoms with Gasteiger partial charge >= 0.3 is 12.2 Å². The molecule has 1 aromatic rings. The fraction of sp³-hybridized carbons (Fsp3) is 0.579. The highest BCUT2D eigenvalue weighted by molar-refractivity contribution is 5.87. The minimum atomic E-state index is -0.889. The summed E-state index contributed by atoms with van der Waals surface area (Å²) in [4.78, 5) is 32.3. The van der Waals surface area contributed by atoms with E-state index < -0.39 is 12.2 Å². The Labute approximate surface area is 170 Å². The topological polar surface area (TPSA) is 119 Å². The molecule has 10 heteroatoms. The molecule has 1 fully saturated rings. The van der Waals surface area contributed by atoms with Gasteiger partial charge in [0.25, 0.3) is 0 Å². The van der Waals surface area contributed by atoms with E-state index in [1.165, 1.54) is 23.1 Å². The van der Waals surface area contributed by atoms with Crippen LogP contribution in [0.2, 0.25) is 0 Å². The highest BCUT2D eigenvalue weighted by Gasteiger charge is 2.31. The molecule has 158 valence electrons. The zero-order valence-electron chi connectivity index (χ0n) is 16.9. The molecule has 1 aliphatic heterocycles. The van der Waals surface area contributed by atoms with E-state index in [2.05, 4.69) is 9.88 Å². The maximum Gasteiger partial charge on any atom is 0.414 e. The summed E-state index contributed by atoms with van der Waals surface area (Å²) in [6, 6.07) is 5.55. The molecule has 1 aromatic heterocycles. The lowest BCUT2D eigenvalue weighted by molar-refractivity contribution is 0.0319. The Kier molecular flexibility index (Phi) is 8.03. The standard InChI is InChI=1S/C19H27N5O5/c1-14-12-22(18(25)26)13-15(2)23(14)9-10-29-17-6-5-16(11-21-17)24(8-4-7-20)19(27)28-3/h5-6,11,14-15H,4,8-10,12-13H2,1-3H3,(H,25,26)/t14-,15?/m1/s1. The molecule has 0 radical (unpaired) electrons. The Hall–Kier alpha value is -3.06. The zero-order chi connectivity index (χ0) is 21.4. The molecule has 1 saturated heterocycles. The summed E-state index contributed by atoms with van der Waals surface area (Å²) in [6.07, 6.45) is 0.234. The lowest BCUT2D eigenvalue weighted by Gasteiger charge is -2.43. The fourth-order valence-electron chi connectivity index (χ4n) is 3.42. The van der Waals surface area contributed by atoms with E-state index in [-0.39, 0.29) is 25.0 Å². The van der Waals surface area contributed by atoms with Crippen LogP contribution in [0.5, 0.6) is 5.88 Å². The van der Waals surface area contributed by atoms with Crippen LogP contribution in [0.1, 0.15) is 20.3 Å². The van der Waals surface area contributed by atoms with E-state index in [0.717, 1.165) is 0 Å². The van der Waals surface area contributed by atoms with Crippen molar-refractivity contribution in [2.75, 3.05) is 44.8 Å². The Morgan fingerprint density at radius 1 is 1.34 bits per heavy atom. The Balaban J connectivity index is 1.89. The van der Waals surface area contributed by atoms with E-state index in [0.29, 0.717) is 37.8 Å². The number of nitriles is 1. The SMILES string of the molecule is COC(=O)N(CCC#N)c1ccc(OCCN2C(C)CN(C(=O)O)C[C@H]2C)nc1. The number of methoxy groups -OCH3 is 1. The number of aromatic nitrogens is 1. The van der Waals surface area contributed by atoms with Gasteiger partial charge in [-0.15, -0.1) is 0 Å². The summed E-state index contributed by atoms with van der Waals surface area (Å²) in [6.45, 7) is 6.21. The van der Waals surface area contributed by atoms with Crippen LogP contribution in [0.25, 0.3) is 0 Å². The molecule has 0 aliphatic carbocycles. The Bertz CT molecular complexity index is 724. The van der Waals surface area contributed by atoms with Crippen LogP contribution in [0.3, 0.4) is 0 Å². The molecule has 29 heavy (non-hydrogen) atoms. The summed E-state index contributed by atoms with van der Waals surface area (Å²) >= 11 is 0. The number of pyridine rings is 1. The first kappa shape index (κ1) is 22.2. The van der Waals surface area contributed by atoms with Gasteiger partial charge < -0.3 is 19.5 Å². The smallest absolute Gasteiger partial charge is 0.414 e. The second-order valence-corrected chi connectivity index (χ2v) is 6.86. The van der Waals surface area contributed by atoms with Gasteiger partial charge in [-0.3, -0.25) is 9.80 Å². The van der Waals surface area contributed by atoms with Gasteiger partial charge in [-0.1, -0.05) is 0 Å². The van der Waals surface area contributed by atoms with Gasteiger partial charge in [0.2, 0.25) is 5.88 Å². The molecule has 0 spiro atoms. The molecule has 0 saturated carbocycles. The van der Waals surface area contributed by atoms with Crippen molar-refractivity contribution in [1.29, 1.82) is 5.26 Å². The number of amides is 2. The van der Waals surface area contributed by atoms with Gasteiger partial charge in [-0.2, -0.15) is 5.26 Å². The predicted molar refractivity (Wildman–Crippen MR) is 105 cm³/mol. The van der Waals surface area contributed by atoms with E-state index >= 15 is 0 Å². The number of hydrogen-bond donors (Lipinski definition) is 1. The number of piperazine rings is 1. The molecule has 2 heterocycles. The number of nitrogens with zero attached hydrogens (tertiary/aromatic N) is 5. The van der Waals surface area contributed by atoms with E-state index in [9.17, 15) is 14.7 Å². The van der Waals surface area contributed by atoms with Crippen molar-refractivity contribution < 1.29 is 24.2 Å². The maximum atomic E-state index is 11.9. The molecule has 10 nitrogen and oxygen atoms in total. The van der Waals surface area contributed by atoms with Gasteiger partial charge in [0.15, 0.2) is 0 Å². The summed E-state index contributed by atoms with van der Waals surface area (Å²) in [5.41, 5.74) is 0.520. The maximum absolute atomic E-state index is 11.9. The van der Waals surface area contributed by atoms with Crippen molar-refractivity contribution in [2.45, 2.75) is 32.4 Å². The molecule has 0 aromatic carbocycles. The molecule has 0 bridgehead atoms. The van der Waals surface area contributed by atoms with Crippen molar-refractivity contribution in [3.63, 3.8) is 0 Å². The van der Waals surface area contributed by atoms with Crippen LogP contribution in [0.4, 0.5) is 15.3 Å². The Morgan fingerprint density at radius 2 is 2.03 bits per heavy atom. The zero-order valence-corrected chi connectivity index (χ0v) is 16.9. The normalized spacial score (nSPS) is 19.3. The van der Waals surface area contributed by atoms with Gasteiger partial charge in [-0.05, 0) is 19.9 Å². The summed E-state index contributed by atoms with van der Waals surface area (Å²) < 4.78 is 10.5. The van der Waals surface area contributed by atoms with Crippen LogP contribution in [0.15, 0.2) is 18.3 Å². The number of ether oxygens (including phenoxy) is 2. The van der Waals surface area contributed by atoms with Gasteiger partial charge in [-0.25, -0.2) is 14.6 Å². The van der Waals surface area contributed by atoms with Crippen molar-refractivity contribution in [1.82, 2.24) is 14.8 Å². The largest absolute Gasteiger partial charge is 0.476 e. The third-order valence-corrected chi connectivity index (χ3v) is 4.85. The average Bonchev–Trinajstić information content (AvgIpc) is 2.70. The van der Waals surface area contributed by atoms with Crippen LogP contribution >= 0.6 is 0 Å². The number of carbonyl (C=O) groups excluding carboxylic acids is 1. The molecular weight excluding hydrogens is 378 g/mol. The predicted octanol–water partition coefficient (Wildman–Crippen LogP) is 2.02. The highest BCUT2D eigenvalue weighted by atomic mass is 16.5. The summed E-state index contributed by atoms with van der Waals surface area (Å²) in [5.74, 6) is 0.420. The van der Waals surface area contributed by atoms with E-state index in [4.69, 9.17) is 14.7 Å². The first-order valence-electron chi connectivity index (χ1n) is 9.42. The first-order chi connectivity index (χ1) is 13.9. The van der Waals surface area contributed by atoms with Gasteiger partial charge in [0.05, 0.1) is 31.5 Å². The Morgan fingerprint density at radius 3 is 2.55 bits per heavy atom. The number of hydrogen-bond acceptors (Lipinski definition) is 7. The molecule has 1 unspecified atom stereocenters. The minimum Gasteiger partial charge on any atom is -0.476 e. The second kappa shape index (κ2) is 10.5. The number of rotatable bonds is 7. The quantitative estimate of drug-likeness (QED) is 0.732.